The number of aromatic carboxylic acids is 1. The predicted molar refractivity (Wildman–Crippen MR) is 40.6 cm³/mol. The van der Waals surface area contributed by atoms with Crippen molar-refractivity contribution >= 4 is 17.3 Å². The Balaban J connectivity index is 3.05. The number of rotatable bonds is 2. The molecule has 1 rings (SSSR count). The zero-order chi connectivity index (χ0) is 8.43. The first kappa shape index (κ1) is 8.20. The lowest BCUT2D eigenvalue weighted by Gasteiger charge is -1.84. The molecule has 0 fully saturated rings. The molecular weight excluding hydrogens is 167 g/mol. The standard InChI is InChI=1S/C7H7FO2S/c1-2-5-4(8)3-6(11-5)7(9)10/h3H,2H2,1H3,(H,9,10). The Labute approximate surface area is 67.3 Å². The summed E-state index contributed by atoms with van der Waals surface area (Å²) < 4.78 is 12.7. The predicted octanol–water partition coefficient (Wildman–Crippen LogP) is 2.15. The van der Waals surface area contributed by atoms with Gasteiger partial charge in [-0.15, -0.1) is 11.3 Å². The van der Waals surface area contributed by atoms with Crippen LogP contribution >= 0.6 is 11.3 Å². The monoisotopic (exact) mass is 174 g/mol. The van der Waals surface area contributed by atoms with E-state index < -0.39 is 11.8 Å². The van der Waals surface area contributed by atoms with Gasteiger partial charge in [-0.25, -0.2) is 9.18 Å². The SMILES string of the molecule is CCc1sc(C(=O)O)cc1F. The molecule has 0 amide bonds. The van der Waals surface area contributed by atoms with E-state index >= 15 is 0 Å². The molecule has 0 aliphatic rings. The molecule has 0 aromatic carbocycles. The van der Waals surface area contributed by atoms with Crippen LogP contribution < -0.4 is 0 Å². The second kappa shape index (κ2) is 3.00. The molecule has 0 aliphatic carbocycles. The molecule has 0 aliphatic heterocycles. The number of hydrogen-bond acceptors (Lipinski definition) is 2. The van der Waals surface area contributed by atoms with Crippen LogP contribution in [0.2, 0.25) is 0 Å². The van der Waals surface area contributed by atoms with Crippen LogP contribution in [0.5, 0.6) is 0 Å². The van der Waals surface area contributed by atoms with E-state index in [2.05, 4.69) is 0 Å². The minimum absolute atomic E-state index is 0.0688. The molecule has 4 heteroatoms. The molecule has 2 nitrogen and oxygen atoms in total. The number of thiophene rings is 1. The van der Waals surface area contributed by atoms with Crippen molar-refractivity contribution in [1.29, 1.82) is 0 Å². The average molecular weight is 174 g/mol. The molecule has 1 N–H and O–H groups in total. The number of carboxylic acids is 1. The first-order valence-corrected chi connectivity index (χ1v) is 3.98. The molecule has 0 bridgehead atoms. The summed E-state index contributed by atoms with van der Waals surface area (Å²) in [4.78, 5) is 10.9. The summed E-state index contributed by atoms with van der Waals surface area (Å²) in [6, 6.07) is 1.06. The molecule has 0 atom stereocenters. The van der Waals surface area contributed by atoms with E-state index in [0.29, 0.717) is 11.3 Å². The highest BCUT2D eigenvalue weighted by atomic mass is 32.1. The van der Waals surface area contributed by atoms with Gasteiger partial charge in [-0.05, 0) is 12.5 Å². The lowest BCUT2D eigenvalue weighted by Crippen LogP contribution is -1.89. The summed E-state index contributed by atoms with van der Waals surface area (Å²) in [5.41, 5.74) is 0. The van der Waals surface area contributed by atoms with Gasteiger partial charge in [0, 0.05) is 4.88 Å². The number of carboxylic acid groups (broad SMARTS) is 1. The highest BCUT2D eigenvalue weighted by Gasteiger charge is 2.11. The Bertz CT molecular complexity index is 280. The van der Waals surface area contributed by atoms with E-state index in [0.717, 1.165) is 17.4 Å². The Hall–Kier alpha value is -0.900. The Morgan fingerprint density at radius 2 is 2.45 bits per heavy atom. The van der Waals surface area contributed by atoms with Gasteiger partial charge in [-0.3, -0.25) is 0 Å². The quantitative estimate of drug-likeness (QED) is 0.745. The fourth-order valence-electron chi connectivity index (χ4n) is 0.753. The maximum absolute atomic E-state index is 12.7. The molecule has 0 unspecified atom stereocenters. The lowest BCUT2D eigenvalue weighted by molar-refractivity contribution is 0.0702. The van der Waals surface area contributed by atoms with Crippen molar-refractivity contribution in [3.05, 3.63) is 21.6 Å². The number of aryl methyl sites for hydroxylation is 1. The van der Waals surface area contributed by atoms with Crippen LogP contribution in [0.1, 0.15) is 21.5 Å². The summed E-state index contributed by atoms with van der Waals surface area (Å²) in [7, 11) is 0. The number of carbonyl (C=O) groups is 1. The average Bonchev–Trinajstić information content (AvgIpc) is 2.31. The first-order chi connectivity index (χ1) is 5.15. The van der Waals surface area contributed by atoms with Gasteiger partial charge < -0.3 is 5.11 Å². The van der Waals surface area contributed by atoms with Crippen LogP contribution in [-0.2, 0) is 6.42 Å². The van der Waals surface area contributed by atoms with Gasteiger partial charge in [0.15, 0.2) is 0 Å². The Morgan fingerprint density at radius 1 is 1.82 bits per heavy atom. The van der Waals surface area contributed by atoms with Crippen LogP contribution in [0.3, 0.4) is 0 Å². The van der Waals surface area contributed by atoms with E-state index in [4.69, 9.17) is 5.11 Å². The third-order valence-corrected chi connectivity index (χ3v) is 2.53. The molecular formula is C7H7FO2S. The highest BCUT2D eigenvalue weighted by Crippen LogP contribution is 2.21. The van der Waals surface area contributed by atoms with Gasteiger partial charge in [0.1, 0.15) is 10.7 Å². The van der Waals surface area contributed by atoms with Crippen LogP contribution in [0.4, 0.5) is 4.39 Å². The van der Waals surface area contributed by atoms with Crippen molar-refractivity contribution in [2.75, 3.05) is 0 Å². The molecule has 0 radical (unpaired) electrons. The van der Waals surface area contributed by atoms with Crippen LogP contribution in [0.25, 0.3) is 0 Å². The van der Waals surface area contributed by atoms with Gasteiger partial charge >= 0.3 is 5.97 Å². The maximum atomic E-state index is 12.7. The van der Waals surface area contributed by atoms with Crippen molar-refractivity contribution in [3.63, 3.8) is 0 Å². The maximum Gasteiger partial charge on any atom is 0.345 e. The minimum atomic E-state index is -1.06. The van der Waals surface area contributed by atoms with Gasteiger partial charge in [-0.1, -0.05) is 6.92 Å². The number of halogens is 1. The fourth-order valence-corrected chi connectivity index (χ4v) is 1.57. The Kier molecular flexibility index (Phi) is 2.24. The van der Waals surface area contributed by atoms with Crippen molar-refractivity contribution in [2.24, 2.45) is 0 Å². The lowest BCUT2D eigenvalue weighted by atomic mass is 10.3. The van der Waals surface area contributed by atoms with E-state index in [-0.39, 0.29) is 4.88 Å². The molecule has 1 heterocycles. The smallest absolute Gasteiger partial charge is 0.345 e. The summed E-state index contributed by atoms with van der Waals surface area (Å²) in [5.74, 6) is -1.47. The van der Waals surface area contributed by atoms with Crippen molar-refractivity contribution in [1.82, 2.24) is 0 Å². The van der Waals surface area contributed by atoms with Gasteiger partial charge in [0.2, 0.25) is 0 Å². The molecule has 60 valence electrons. The van der Waals surface area contributed by atoms with Gasteiger partial charge in [0.05, 0.1) is 0 Å². The minimum Gasteiger partial charge on any atom is -0.477 e. The second-order valence-electron chi connectivity index (χ2n) is 2.04. The molecule has 0 spiro atoms. The molecule has 1 aromatic rings. The van der Waals surface area contributed by atoms with Crippen LogP contribution in [-0.4, -0.2) is 11.1 Å². The van der Waals surface area contributed by atoms with Crippen molar-refractivity contribution < 1.29 is 14.3 Å². The summed E-state index contributed by atoms with van der Waals surface area (Å²) in [6.07, 6.45) is 0.545. The van der Waals surface area contributed by atoms with Crippen LogP contribution in [0, 0.1) is 5.82 Å². The summed E-state index contributed by atoms with van der Waals surface area (Å²) in [6.45, 7) is 1.79. The van der Waals surface area contributed by atoms with Crippen molar-refractivity contribution in [2.45, 2.75) is 13.3 Å². The molecule has 0 saturated heterocycles. The van der Waals surface area contributed by atoms with Crippen molar-refractivity contribution in [3.8, 4) is 0 Å². The van der Waals surface area contributed by atoms with E-state index in [9.17, 15) is 9.18 Å². The molecule has 11 heavy (non-hydrogen) atoms. The van der Waals surface area contributed by atoms with E-state index in [1.165, 1.54) is 0 Å². The molecule has 0 saturated carbocycles. The topological polar surface area (TPSA) is 37.3 Å². The first-order valence-electron chi connectivity index (χ1n) is 3.16. The van der Waals surface area contributed by atoms with E-state index in [1.54, 1.807) is 6.92 Å². The highest BCUT2D eigenvalue weighted by molar-refractivity contribution is 7.13. The number of hydrogen-bond donors (Lipinski definition) is 1. The van der Waals surface area contributed by atoms with Gasteiger partial charge in [-0.2, -0.15) is 0 Å². The zero-order valence-corrected chi connectivity index (χ0v) is 6.74. The summed E-state index contributed by atoms with van der Waals surface area (Å²) >= 11 is 0.993. The third kappa shape index (κ3) is 1.57. The Morgan fingerprint density at radius 3 is 2.73 bits per heavy atom. The van der Waals surface area contributed by atoms with Crippen LogP contribution in [0.15, 0.2) is 6.07 Å². The normalized spacial score (nSPS) is 10.0. The van der Waals surface area contributed by atoms with Gasteiger partial charge in [0.25, 0.3) is 0 Å². The third-order valence-electron chi connectivity index (χ3n) is 1.29. The van der Waals surface area contributed by atoms with E-state index in [1.807, 2.05) is 0 Å². The fraction of sp³-hybridized carbons (Fsp3) is 0.286. The second-order valence-corrected chi connectivity index (χ2v) is 3.18. The summed E-state index contributed by atoms with van der Waals surface area (Å²) in [5, 5.41) is 8.46. The largest absolute Gasteiger partial charge is 0.477 e. The molecule has 1 aromatic heterocycles. The zero-order valence-electron chi connectivity index (χ0n) is 5.93.